The number of hydrogen-bond acceptors (Lipinski definition) is 4. The second-order valence-electron chi connectivity index (χ2n) is 13.5. The molecule has 0 fully saturated rings. The molecule has 0 unspecified atom stereocenters. The van der Waals surface area contributed by atoms with Gasteiger partial charge in [-0.2, -0.15) is 0 Å². The second-order valence-corrected chi connectivity index (χ2v) is 13.5. The average molecular weight is 813 g/mol. The van der Waals surface area contributed by atoms with Crippen LogP contribution in [0.1, 0.15) is 39.1 Å². The molecule has 4 nitrogen and oxygen atoms in total. The van der Waals surface area contributed by atoms with Crippen molar-refractivity contribution in [2.24, 2.45) is 0 Å². The fourth-order valence-corrected chi connectivity index (χ4v) is 7.92. The van der Waals surface area contributed by atoms with Gasteiger partial charge in [-0.25, -0.2) is 4.98 Å². The number of pyridine rings is 3. The van der Waals surface area contributed by atoms with Crippen LogP contribution in [0.25, 0.3) is 55.4 Å². The van der Waals surface area contributed by atoms with Crippen molar-refractivity contribution in [1.82, 2.24) is 15.0 Å². The van der Waals surface area contributed by atoms with E-state index in [0.717, 1.165) is 63.8 Å². The van der Waals surface area contributed by atoms with Gasteiger partial charge in [0.2, 0.25) is 5.71 Å². The maximum Gasteiger partial charge on any atom is 0.227 e. The molecule has 0 aliphatic heterocycles. The second kappa shape index (κ2) is 12.2. The van der Waals surface area contributed by atoms with Crippen LogP contribution in [0.15, 0.2) is 120 Å². The molecule has 1 spiro atoms. The standard InChI is InChI=1S/C25H18N.C19H16N2O.Ir/c1-2-7-17(8-3-1)24-21-11-6-12-22-23(21)20(16-26-24)15-25(22)13-18-9-4-5-10-19(18)14-25;1-11-9-17(20-10-12(11)2)16-6-4-5-14-15-8-7-13(3)21-19(15)22-18(14)16;/h1-7,9-12,16H,13-15H2;4-10H,1-3H3;/q-1;;. The van der Waals surface area contributed by atoms with Gasteiger partial charge in [0.15, 0.2) is 0 Å². The third kappa shape index (κ3) is 5.20. The van der Waals surface area contributed by atoms with Gasteiger partial charge in [-0.3, -0.25) is 4.98 Å². The van der Waals surface area contributed by atoms with Crippen LogP contribution in [0.3, 0.4) is 0 Å². The summed E-state index contributed by atoms with van der Waals surface area (Å²) in [5, 5.41) is 4.84. The number of aromatic nitrogens is 3. The molecular weight excluding hydrogens is 779 g/mol. The molecule has 0 atom stereocenters. The Kier molecular flexibility index (Phi) is 7.78. The number of para-hydroxylation sites is 1. The zero-order valence-electron chi connectivity index (χ0n) is 27.7. The van der Waals surface area contributed by atoms with E-state index in [9.17, 15) is 0 Å². The Hall–Kier alpha value is -4.96. The van der Waals surface area contributed by atoms with E-state index in [1.807, 2.05) is 37.4 Å². The summed E-state index contributed by atoms with van der Waals surface area (Å²) in [5.41, 5.74) is 15.2. The van der Waals surface area contributed by atoms with E-state index in [4.69, 9.17) is 9.40 Å². The number of nitrogens with zero attached hydrogens (tertiary/aromatic N) is 3. The van der Waals surface area contributed by atoms with Crippen LogP contribution in [-0.4, -0.2) is 15.0 Å². The minimum absolute atomic E-state index is 0. The Morgan fingerprint density at radius 1 is 0.673 bits per heavy atom. The van der Waals surface area contributed by atoms with E-state index < -0.39 is 0 Å². The first kappa shape index (κ1) is 31.3. The molecule has 0 saturated carbocycles. The van der Waals surface area contributed by atoms with Crippen molar-refractivity contribution in [2.75, 3.05) is 0 Å². The molecule has 1 radical (unpaired) electrons. The summed E-state index contributed by atoms with van der Waals surface area (Å²) in [6, 6.07) is 39.6. The van der Waals surface area contributed by atoms with Crippen molar-refractivity contribution < 1.29 is 24.5 Å². The van der Waals surface area contributed by atoms with Crippen LogP contribution in [0, 0.1) is 26.8 Å². The normalized spacial score (nSPS) is 13.8. The molecule has 0 N–H and O–H groups in total. The van der Waals surface area contributed by atoms with Gasteiger partial charge in [0.25, 0.3) is 0 Å². The molecule has 4 heterocycles. The van der Waals surface area contributed by atoms with E-state index in [1.54, 1.807) is 0 Å². The van der Waals surface area contributed by atoms with Crippen molar-refractivity contribution in [3.63, 3.8) is 0 Å². The Morgan fingerprint density at radius 2 is 1.43 bits per heavy atom. The molecule has 10 rings (SSSR count). The maximum atomic E-state index is 6.04. The number of fused-ring (bicyclic) bond motifs is 5. The summed E-state index contributed by atoms with van der Waals surface area (Å²) in [6.07, 6.45) is 7.41. The predicted molar refractivity (Wildman–Crippen MR) is 194 cm³/mol. The third-order valence-corrected chi connectivity index (χ3v) is 10.4. The minimum Gasteiger partial charge on any atom is -0.437 e. The molecule has 49 heavy (non-hydrogen) atoms. The van der Waals surface area contributed by atoms with Crippen molar-refractivity contribution in [2.45, 2.75) is 45.4 Å². The molecule has 0 amide bonds. The van der Waals surface area contributed by atoms with Gasteiger partial charge in [-0.15, -0.1) is 35.9 Å². The molecule has 0 saturated heterocycles. The molecule has 241 valence electrons. The van der Waals surface area contributed by atoms with Crippen molar-refractivity contribution >= 4 is 32.8 Å². The van der Waals surface area contributed by atoms with Crippen molar-refractivity contribution in [3.8, 4) is 22.5 Å². The molecule has 5 heteroatoms. The summed E-state index contributed by atoms with van der Waals surface area (Å²) in [7, 11) is 0. The maximum absolute atomic E-state index is 6.04. The topological polar surface area (TPSA) is 51.8 Å². The molecule has 8 aromatic rings. The van der Waals surface area contributed by atoms with Gasteiger partial charge in [0.1, 0.15) is 5.58 Å². The third-order valence-electron chi connectivity index (χ3n) is 10.4. The SMILES string of the molecule is Cc1ccc2c(n1)oc1c(-c3cc(C)c(C)cn3)cccc12.[Ir].[c-]1ccccc1-c1ncc2c3c(cccc13)C1(Cc3ccccc3C1)C2. The first-order valence-electron chi connectivity index (χ1n) is 16.6. The smallest absolute Gasteiger partial charge is 0.227 e. The van der Waals surface area contributed by atoms with Crippen LogP contribution >= 0.6 is 0 Å². The quantitative estimate of drug-likeness (QED) is 0.163. The predicted octanol–water partition coefficient (Wildman–Crippen LogP) is 10.3. The average Bonchev–Trinajstić information content (AvgIpc) is 3.77. The largest absolute Gasteiger partial charge is 0.437 e. The van der Waals surface area contributed by atoms with E-state index in [0.29, 0.717) is 5.71 Å². The number of rotatable bonds is 2. The number of hydrogen-bond donors (Lipinski definition) is 0. The summed E-state index contributed by atoms with van der Waals surface area (Å²) in [5.74, 6) is 0. The summed E-state index contributed by atoms with van der Waals surface area (Å²) in [6.45, 7) is 6.14. The molecule has 4 aromatic heterocycles. The van der Waals surface area contributed by atoms with Gasteiger partial charge in [-0.1, -0.05) is 54.6 Å². The van der Waals surface area contributed by atoms with Gasteiger partial charge in [-0.05, 0) is 114 Å². The van der Waals surface area contributed by atoms with E-state index in [2.05, 4.69) is 115 Å². The summed E-state index contributed by atoms with van der Waals surface area (Å²) >= 11 is 0. The molecule has 4 aromatic carbocycles. The van der Waals surface area contributed by atoms with Crippen LogP contribution in [0.2, 0.25) is 0 Å². The fraction of sp³-hybridized carbons (Fsp3) is 0.159. The molecule has 0 bridgehead atoms. The van der Waals surface area contributed by atoms with Crippen LogP contribution in [-0.2, 0) is 44.8 Å². The van der Waals surface area contributed by atoms with Gasteiger partial charge < -0.3 is 9.40 Å². The summed E-state index contributed by atoms with van der Waals surface area (Å²) < 4.78 is 6.04. The molecule has 2 aliphatic carbocycles. The van der Waals surface area contributed by atoms with Gasteiger partial charge in [0, 0.05) is 59.9 Å². The van der Waals surface area contributed by atoms with E-state index >= 15 is 0 Å². The van der Waals surface area contributed by atoms with Crippen molar-refractivity contribution in [1.29, 1.82) is 0 Å². The first-order valence-corrected chi connectivity index (χ1v) is 16.6. The Labute approximate surface area is 299 Å². The van der Waals surface area contributed by atoms with Crippen molar-refractivity contribution in [3.05, 3.63) is 161 Å². The molecule has 2 aliphatic rings. The van der Waals surface area contributed by atoms with Crippen LogP contribution in [0.4, 0.5) is 0 Å². The zero-order chi connectivity index (χ0) is 32.4. The monoisotopic (exact) mass is 813 g/mol. The Morgan fingerprint density at radius 3 is 2.20 bits per heavy atom. The van der Waals surface area contributed by atoms with E-state index in [-0.39, 0.29) is 25.5 Å². The van der Waals surface area contributed by atoms with Crippen LogP contribution < -0.4 is 0 Å². The fourth-order valence-electron chi connectivity index (χ4n) is 7.92. The first-order chi connectivity index (χ1) is 23.5. The number of aryl methyl sites for hydroxylation is 3. The number of furan rings is 1. The van der Waals surface area contributed by atoms with Gasteiger partial charge in [0.05, 0.1) is 5.69 Å². The Bertz CT molecular complexity index is 2510. The van der Waals surface area contributed by atoms with E-state index in [1.165, 1.54) is 44.2 Å². The van der Waals surface area contributed by atoms with Gasteiger partial charge >= 0.3 is 0 Å². The summed E-state index contributed by atoms with van der Waals surface area (Å²) in [4.78, 5) is 13.9. The van der Waals surface area contributed by atoms with Crippen LogP contribution in [0.5, 0.6) is 0 Å². The molecular formula is C44H34IrN3O-. The minimum atomic E-state index is 0. The Balaban J connectivity index is 0.000000141. The number of benzene rings is 4. The zero-order valence-corrected chi connectivity index (χ0v) is 30.1.